The summed E-state index contributed by atoms with van der Waals surface area (Å²) in [6.07, 6.45) is 0. The zero-order valence-electron chi connectivity index (χ0n) is 18.4. The topological polar surface area (TPSA) is 70.7 Å². The predicted molar refractivity (Wildman–Crippen MR) is 126 cm³/mol. The fourth-order valence-corrected chi connectivity index (χ4v) is 3.53. The zero-order valence-corrected chi connectivity index (χ0v) is 19.3. The molecule has 1 aliphatic rings. The van der Waals surface area contributed by atoms with Gasteiger partial charge in [0.1, 0.15) is 5.82 Å². The van der Waals surface area contributed by atoms with E-state index < -0.39 is 23.7 Å². The Kier molecular flexibility index (Phi) is 7.25. The van der Waals surface area contributed by atoms with Crippen molar-refractivity contribution in [2.45, 2.75) is 26.8 Å². The summed E-state index contributed by atoms with van der Waals surface area (Å²) in [6, 6.07) is 12.3. The number of halogens is 1. The molecule has 0 bridgehead atoms. The van der Waals surface area contributed by atoms with Crippen molar-refractivity contribution in [1.29, 1.82) is 0 Å². The largest absolute Gasteiger partial charge is 0.462 e. The van der Waals surface area contributed by atoms with Crippen LogP contribution in [0.2, 0.25) is 0 Å². The lowest BCUT2D eigenvalue weighted by molar-refractivity contribution is -0.140. The first-order chi connectivity index (χ1) is 15.2. The second kappa shape index (κ2) is 9.91. The monoisotopic (exact) mass is 455 g/mol. The van der Waals surface area contributed by atoms with E-state index in [4.69, 9.17) is 17.0 Å². The van der Waals surface area contributed by atoms with E-state index in [0.717, 1.165) is 5.56 Å². The number of hydrogen-bond donors (Lipinski definition) is 2. The van der Waals surface area contributed by atoms with Crippen molar-refractivity contribution >= 4 is 34.9 Å². The zero-order chi connectivity index (χ0) is 23.4. The standard InChI is InChI=1S/C24H26FN3O3S/c1-14(2)13-31-23(30)20-15(3)28(4)24(32)27-21(20)16-9-11-17(12-10-16)26-22(29)18-7-5-6-8-19(18)25/h5-12,14,21H,13H2,1-4H3,(H,26,29)(H,27,32). The number of ether oxygens (including phenoxy) is 1. The SMILES string of the molecule is CC1=C(C(=O)OCC(C)C)C(c2ccc(NC(=O)c3ccccc3F)cc2)NC(=S)N1C. The highest BCUT2D eigenvalue weighted by atomic mass is 32.1. The van der Waals surface area contributed by atoms with Crippen molar-refractivity contribution in [3.05, 3.63) is 76.7 Å². The van der Waals surface area contributed by atoms with E-state index in [2.05, 4.69) is 10.6 Å². The summed E-state index contributed by atoms with van der Waals surface area (Å²) in [7, 11) is 1.79. The maximum absolute atomic E-state index is 13.9. The van der Waals surface area contributed by atoms with Crippen LogP contribution in [0, 0.1) is 11.7 Å². The maximum Gasteiger partial charge on any atom is 0.338 e. The Hall–Kier alpha value is -3.26. The van der Waals surface area contributed by atoms with Crippen LogP contribution >= 0.6 is 12.2 Å². The van der Waals surface area contributed by atoms with Crippen molar-refractivity contribution in [2.24, 2.45) is 5.92 Å². The van der Waals surface area contributed by atoms with Gasteiger partial charge in [0.15, 0.2) is 5.11 Å². The number of benzene rings is 2. The van der Waals surface area contributed by atoms with Gasteiger partial charge in [0.2, 0.25) is 0 Å². The number of thiocarbonyl (C=S) groups is 1. The number of nitrogens with one attached hydrogen (secondary N) is 2. The molecular weight excluding hydrogens is 429 g/mol. The minimum atomic E-state index is -0.587. The lowest BCUT2D eigenvalue weighted by Crippen LogP contribution is -2.46. The summed E-state index contributed by atoms with van der Waals surface area (Å²) in [5, 5.41) is 6.36. The number of amides is 1. The number of rotatable bonds is 6. The summed E-state index contributed by atoms with van der Waals surface area (Å²) >= 11 is 5.41. The van der Waals surface area contributed by atoms with E-state index in [-0.39, 0.29) is 11.5 Å². The molecule has 168 valence electrons. The Balaban J connectivity index is 1.83. The molecule has 0 aliphatic carbocycles. The van der Waals surface area contributed by atoms with Gasteiger partial charge in [0, 0.05) is 18.4 Å². The maximum atomic E-state index is 13.9. The molecule has 3 rings (SSSR count). The quantitative estimate of drug-likeness (QED) is 0.497. The molecule has 2 aromatic carbocycles. The average molecular weight is 456 g/mol. The number of nitrogens with zero attached hydrogens (tertiary/aromatic N) is 1. The number of carbonyl (C=O) groups is 2. The first-order valence-corrected chi connectivity index (χ1v) is 10.7. The average Bonchev–Trinajstić information content (AvgIpc) is 2.76. The summed E-state index contributed by atoms with van der Waals surface area (Å²) in [4.78, 5) is 27.0. The molecule has 32 heavy (non-hydrogen) atoms. The van der Waals surface area contributed by atoms with Crippen molar-refractivity contribution in [3.8, 4) is 0 Å². The van der Waals surface area contributed by atoms with Crippen LogP contribution < -0.4 is 10.6 Å². The molecule has 0 radical (unpaired) electrons. The molecule has 2 N–H and O–H groups in total. The Morgan fingerprint density at radius 3 is 2.47 bits per heavy atom. The third-order valence-electron chi connectivity index (χ3n) is 5.14. The van der Waals surface area contributed by atoms with Crippen LogP contribution in [0.25, 0.3) is 0 Å². The van der Waals surface area contributed by atoms with Crippen molar-refractivity contribution in [2.75, 3.05) is 19.0 Å². The van der Waals surface area contributed by atoms with E-state index in [0.29, 0.717) is 28.7 Å². The lowest BCUT2D eigenvalue weighted by atomic mass is 9.95. The third kappa shape index (κ3) is 5.13. The van der Waals surface area contributed by atoms with Gasteiger partial charge >= 0.3 is 5.97 Å². The molecule has 1 heterocycles. The molecule has 2 aromatic rings. The Labute approximate surface area is 192 Å². The van der Waals surface area contributed by atoms with Gasteiger partial charge in [-0.1, -0.05) is 38.1 Å². The highest BCUT2D eigenvalue weighted by Gasteiger charge is 2.33. The molecule has 0 spiro atoms. The molecule has 0 aromatic heterocycles. The summed E-state index contributed by atoms with van der Waals surface area (Å²) in [5.41, 5.74) is 2.43. The van der Waals surface area contributed by atoms with Crippen molar-refractivity contribution in [3.63, 3.8) is 0 Å². The molecule has 8 heteroatoms. The van der Waals surface area contributed by atoms with Crippen molar-refractivity contribution < 1.29 is 18.7 Å². The second-order valence-electron chi connectivity index (χ2n) is 7.99. The molecule has 6 nitrogen and oxygen atoms in total. The normalized spacial score (nSPS) is 16.1. The van der Waals surface area contributed by atoms with Crippen LogP contribution in [0.4, 0.5) is 10.1 Å². The van der Waals surface area contributed by atoms with Crippen LogP contribution in [-0.4, -0.2) is 35.5 Å². The molecule has 1 unspecified atom stereocenters. The number of allylic oxidation sites excluding steroid dienone is 1. The van der Waals surface area contributed by atoms with E-state index >= 15 is 0 Å². The molecule has 1 atom stereocenters. The Bertz CT molecular complexity index is 1070. The summed E-state index contributed by atoms with van der Waals surface area (Å²) in [6.45, 7) is 6.09. The lowest BCUT2D eigenvalue weighted by Gasteiger charge is -2.35. The van der Waals surface area contributed by atoms with Crippen LogP contribution in [0.3, 0.4) is 0 Å². The van der Waals surface area contributed by atoms with E-state index in [9.17, 15) is 14.0 Å². The van der Waals surface area contributed by atoms with Crippen LogP contribution in [0.1, 0.15) is 42.7 Å². The summed E-state index contributed by atoms with van der Waals surface area (Å²) in [5.74, 6) is -1.31. The van der Waals surface area contributed by atoms with Crippen LogP contribution in [-0.2, 0) is 9.53 Å². The Morgan fingerprint density at radius 1 is 1.19 bits per heavy atom. The van der Waals surface area contributed by atoms with Gasteiger partial charge in [0.05, 0.1) is 23.8 Å². The van der Waals surface area contributed by atoms with E-state index in [1.54, 1.807) is 42.3 Å². The first kappa shape index (κ1) is 23.4. The van der Waals surface area contributed by atoms with Gasteiger partial charge in [0.25, 0.3) is 5.91 Å². The fourth-order valence-electron chi connectivity index (χ4n) is 3.27. The smallest absolute Gasteiger partial charge is 0.338 e. The van der Waals surface area contributed by atoms with Gasteiger partial charge < -0.3 is 20.3 Å². The second-order valence-corrected chi connectivity index (χ2v) is 8.38. The van der Waals surface area contributed by atoms with Gasteiger partial charge in [-0.3, -0.25) is 4.79 Å². The number of hydrogen-bond acceptors (Lipinski definition) is 4. The fraction of sp³-hybridized carbons (Fsp3) is 0.292. The summed E-state index contributed by atoms with van der Waals surface area (Å²) < 4.78 is 19.3. The van der Waals surface area contributed by atoms with Gasteiger partial charge in [-0.25, -0.2) is 9.18 Å². The molecular formula is C24H26FN3O3S. The minimum Gasteiger partial charge on any atom is -0.462 e. The highest BCUT2D eigenvalue weighted by Crippen LogP contribution is 2.31. The van der Waals surface area contributed by atoms with Crippen molar-refractivity contribution in [1.82, 2.24) is 10.2 Å². The minimum absolute atomic E-state index is 0.0346. The van der Waals surface area contributed by atoms with Crippen LogP contribution in [0.5, 0.6) is 0 Å². The number of carbonyl (C=O) groups excluding carboxylic acids is 2. The molecule has 1 aliphatic heterocycles. The number of esters is 1. The van der Waals surface area contributed by atoms with E-state index in [1.165, 1.54) is 18.2 Å². The number of anilines is 1. The molecule has 0 saturated carbocycles. The molecule has 0 saturated heterocycles. The Morgan fingerprint density at radius 2 is 1.84 bits per heavy atom. The molecule has 1 amide bonds. The highest BCUT2D eigenvalue weighted by molar-refractivity contribution is 7.80. The molecule has 0 fully saturated rings. The van der Waals surface area contributed by atoms with Gasteiger partial charge in [-0.2, -0.15) is 0 Å². The first-order valence-electron chi connectivity index (χ1n) is 10.3. The van der Waals surface area contributed by atoms with Gasteiger partial charge in [-0.15, -0.1) is 0 Å². The van der Waals surface area contributed by atoms with Gasteiger partial charge in [-0.05, 0) is 54.9 Å². The van der Waals surface area contributed by atoms with Crippen LogP contribution in [0.15, 0.2) is 59.8 Å². The predicted octanol–water partition coefficient (Wildman–Crippen LogP) is 4.41. The third-order valence-corrected chi connectivity index (χ3v) is 5.53. The van der Waals surface area contributed by atoms with E-state index in [1.807, 2.05) is 20.8 Å².